The van der Waals surface area contributed by atoms with Gasteiger partial charge in [0, 0.05) is 43.8 Å². The highest BCUT2D eigenvalue weighted by atomic mass is 32.1. The third-order valence-electron chi connectivity index (χ3n) is 7.51. The Morgan fingerprint density at radius 2 is 1.89 bits per heavy atom. The van der Waals surface area contributed by atoms with Crippen molar-refractivity contribution < 1.29 is 14.3 Å². The number of nitrogens with one attached hydrogen (secondary N) is 1. The molecule has 9 heteroatoms. The second kappa shape index (κ2) is 11.6. The lowest BCUT2D eigenvalue weighted by Crippen LogP contribution is -2.39. The van der Waals surface area contributed by atoms with Crippen molar-refractivity contribution in [1.29, 1.82) is 0 Å². The first-order valence-corrected chi connectivity index (χ1v) is 13.5. The van der Waals surface area contributed by atoms with E-state index in [1.54, 1.807) is 6.07 Å². The van der Waals surface area contributed by atoms with Gasteiger partial charge in [-0.05, 0) is 68.4 Å². The van der Waals surface area contributed by atoms with Crippen LogP contribution in [0.5, 0.6) is 0 Å². The third-order valence-corrected chi connectivity index (χ3v) is 7.87. The Kier molecular flexibility index (Phi) is 8.06. The van der Waals surface area contributed by atoms with Gasteiger partial charge < -0.3 is 24.3 Å². The van der Waals surface area contributed by atoms with Gasteiger partial charge >= 0.3 is 5.97 Å². The summed E-state index contributed by atoms with van der Waals surface area (Å²) in [6.07, 6.45) is 2.82. The van der Waals surface area contributed by atoms with E-state index in [2.05, 4.69) is 50.6 Å². The largest absolute Gasteiger partial charge is 0.465 e. The van der Waals surface area contributed by atoms with Gasteiger partial charge in [0.2, 0.25) is 0 Å². The summed E-state index contributed by atoms with van der Waals surface area (Å²) in [6, 6.07) is 15.7. The lowest BCUT2D eigenvalue weighted by atomic mass is 9.96. The maximum absolute atomic E-state index is 12.6. The van der Waals surface area contributed by atoms with Crippen molar-refractivity contribution in [2.45, 2.75) is 32.4 Å². The zero-order valence-electron chi connectivity index (χ0n) is 22.2. The first-order chi connectivity index (χ1) is 18.5. The minimum absolute atomic E-state index is 0.0349. The number of morpholine rings is 1. The Balaban J connectivity index is 1.51. The lowest BCUT2D eigenvalue weighted by molar-refractivity contribution is 0.0365. The molecule has 1 N–H and O–H groups in total. The van der Waals surface area contributed by atoms with Gasteiger partial charge in [-0.1, -0.05) is 18.2 Å². The molecule has 2 atom stereocenters. The van der Waals surface area contributed by atoms with Gasteiger partial charge in [0.15, 0.2) is 5.11 Å². The molecule has 2 aliphatic heterocycles. The van der Waals surface area contributed by atoms with Crippen LogP contribution in [0.25, 0.3) is 5.69 Å². The third kappa shape index (κ3) is 5.18. The molecule has 3 aromatic rings. The summed E-state index contributed by atoms with van der Waals surface area (Å²) in [6.45, 7) is 9.57. The molecule has 38 heavy (non-hydrogen) atoms. The number of aromatic nitrogens is 2. The maximum Gasteiger partial charge on any atom is 0.339 e. The van der Waals surface area contributed by atoms with Crippen LogP contribution < -0.4 is 5.32 Å². The van der Waals surface area contributed by atoms with E-state index in [0.717, 1.165) is 79.3 Å². The molecule has 2 fully saturated rings. The maximum atomic E-state index is 12.6. The quantitative estimate of drug-likeness (QED) is 0.345. The van der Waals surface area contributed by atoms with Crippen LogP contribution >= 0.6 is 12.2 Å². The molecule has 0 aliphatic carbocycles. The number of carbonyl (C=O) groups is 1. The molecule has 0 amide bonds. The summed E-state index contributed by atoms with van der Waals surface area (Å²) in [5.74, 6) is -0.352. The number of hydrogen-bond donors (Lipinski definition) is 1. The van der Waals surface area contributed by atoms with Gasteiger partial charge in [0.05, 0.1) is 49.4 Å². The van der Waals surface area contributed by atoms with E-state index < -0.39 is 0 Å². The molecule has 0 spiro atoms. The van der Waals surface area contributed by atoms with Crippen LogP contribution in [0.15, 0.2) is 54.7 Å². The highest BCUT2D eigenvalue weighted by Gasteiger charge is 2.41. The van der Waals surface area contributed by atoms with Crippen LogP contribution in [0.1, 0.15) is 51.5 Å². The predicted octanol–water partition coefficient (Wildman–Crippen LogP) is 3.97. The van der Waals surface area contributed by atoms with Crippen molar-refractivity contribution >= 4 is 23.3 Å². The van der Waals surface area contributed by atoms with Crippen molar-refractivity contribution in [3.05, 3.63) is 82.9 Å². The van der Waals surface area contributed by atoms with Crippen molar-refractivity contribution in [3.8, 4) is 5.69 Å². The monoisotopic (exact) mass is 533 g/mol. The standard InChI is InChI=1S/C29H35N5O3S/c1-20-19-23(21(2)34(20)25-11-5-4-9-22(25)28(35)36-3)27-26(24-10-6-7-12-30-24)31-29(38)33(27)14-8-13-32-15-17-37-18-16-32/h4-7,9-12,19,26-27H,8,13-18H2,1-3H3,(H,31,38)/t26-,27-/m0/s1. The molecular weight excluding hydrogens is 498 g/mol. The number of ether oxygens (including phenoxy) is 2. The number of rotatable bonds is 8. The molecule has 2 saturated heterocycles. The van der Waals surface area contributed by atoms with Crippen molar-refractivity contribution in [2.24, 2.45) is 0 Å². The molecule has 0 saturated carbocycles. The number of esters is 1. The van der Waals surface area contributed by atoms with Gasteiger partial charge in [-0.15, -0.1) is 0 Å². The van der Waals surface area contributed by atoms with Crippen LogP contribution in [-0.2, 0) is 9.47 Å². The molecule has 0 unspecified atom stereocenters. The summed E-state index contributed by atoms with van der Waals surface area (Å²) >= 11 is 5.90. The number of benzene rings is 1. The molecular formula is C29H35N5O3S. The zero-order valence-corrected chi connectivity index (χ0v) is 23.0. The van der Waals surface area contributed by atoms with Gasteiger partial charge in [0.1, 0.15) is 0 Å². The summed E-state index contributed by atoms with van der Waals surface area (Å²) < 4.78 is 12.7. The molecule has 8 nitrogen and oxygen atoms in total. The van der Waals surface area contributed by atoms with E-state index in [1.165, 1.54) is 7.11 Å². The number of nitrogens with zero attached hydrogens (tertiary/aromatic N) is 4. The molecule has 0 bridgehead atoms. The number of aryl methyl sites for hydroxylation is 1. The molecule has 5 rings (SSSR count). The summed E-state index contributed by atoms with van der Waals surface area (Å²) in [4.78, 5) is 22.0. The summed E-state index contributed by atoms with van der Waals surface area (Å²) in [7, 11) is 1.41. The first kappa shape index (κ1) is 26.3. The molecule has 2 aliphatic rings. The van der Waals surface area contributed by atoms with Crippen LogP contribution in [-0.4, -0.2) is 76.9 Å². The van der Waals surface area contributed by atoms with E-state index in [0.29, 0.717) is 5.56 Å². The average Bonchev–Trinajstić information content (AvgIpc) is 3.43. The minimum atomic E-state index is -0.352. The Bertz CT molecular complexity index is 1290. The summed E-state index contributed by atoms with van der Waals surface area (Å²) in [5.41, 5.74) is 5.57. The SMILES string of the molecule is COC(=O)c1ccccc1-n1c(C)cc([C@H]2[C@H](c3ccccn3)NC(=S)N2CCCN2CCOCC2)c1C. The Morgan fingerprint density at radius 1 is 1.13 bits per heavy atom. The van der Waals surface area contributed by atoms with E-state index >= 15 is 0 Å². The Labute approximate surface area is 229 Å². The number of hydrogen-bond acceptors (Lipinski definition) is 6. The number of pyridine rings is 1. The topological polar surface area (TPSA) is 71.9 Å². The van der Waals surface area contributed by atoms with Crippen LogP contribution in [0.4, 0.5) is 0 Å². The number of carbonyl (C=O) groups excluding carboxylic acids is 1. The second-order valence-corrected chi connectivity index (χ2v) is 10.2. The Morgan fingerprint density at radius 3 is 2.63 bits per heavy atom. The van der Waals surface area contributed by atoms with Crippen molar-refractivity contribution in [3.63, 3.8) is 0 Å². The van der Waals surface area contributed by atoms with Gasteiger partial charge in [-0.2, -0.15) is 0 Å². The van der Waals surface area contributed by atoms with E-state index in [4.69, 9.17) is 21.7 Å². The lowest BCUT2D eigenvalue weighted by Gasteiger charge is -2.30. The van der Waals surface area contributed by atoms with Crippen molar-refractivity contribution in [2.75, 3.05) is 46.5 Å². The fraction of sp³-hybridized carbons (Fsp3) is 0.414. The zero-order chi connectivity index (χ0) is 26.6. The molecule has 200 valence electrons. The predicted molar refractivity (Wildman–Crippen MR) is 151 cm³/mol. The van der Waals surface area contributed by atoms with Gasteiger partial charge in [-0.25, -0.2) is 4.79 Å². The van der Waals surface area contributed by atoms with E-state index in [9.17, 15) is 4.79 Å². The second-order valence-electron chi connectivity index (χ2n) is 9.80. The first-order valence-electron chi connectivity index (χ1n) is 13.1. The number of para-hydroxylation sites is 1. The fourth-order valence-corrected chi connectivity index (χ4v) is 6.02. The highest BCUT2D eigenvalue weighted by molar-refractivity contribution is 7.80. The average molecular weight is 534 g/mol. The molecule has 4 heterocycles. The molecule has 2 aromatic heterocycles. The fourth-order valence-electron chi connectivity index (χ4n) is 5.68. The smallest absolute Gasteiger partial charge is 0.339 e. The Hall–Kier alpha value is -3.27. The molecule has 0 radical (unpaired) electrons. The van der Waals surface area contributed by atoms with Crippen molar-refractivity contribution in [1.82, 2.24) is 24.7 Å². The normalized spacial score (nSPS) is 20.0. The number of methoxy groups -OCH3 is 1. The molecule has 1 aromatic carbocycles. The van der Waals surface area contributed by atoms with Gasteiger partial charge in [-0.3, -0.25) is 9.88 Å². The van der Waals surface area contributed by atoms with Gasteiger partial charge in [0.25, 0.3) is 0 Å². The minimum Gasteiger partial charge on any atom is -0.465 e. The highest BCUT2D eigenvalue weighted by Crippen LogP contribution is 2.41. The van der Waals surface area contributed by atoms with E-state index in [1.807, 2.05) is 36.5 Å². The van der Waals surface area contributed by atoms with Crippen LogP contribution in [0.2, 0.25) is 0 Å². The van der Waals surface area contributed by atoms with Crippen LogP contribution in [0, 0.1) is 13.8 Å². The van der Waals surface area contributed by atoms with E-state index in [-0.39, 0.29) is 18.1 Å². The van der Waals surface area contributed by atoms with Crippen LogP contribution in [0.3, 0.4) is 0 Å². The number of thiocarbonyl (C=S) groups is 1. The summed E-state index contributed by atoms with van der Waals surface area (Å²) in [5, 5.41) is 4.31.